The van der Waals surface area contributed by atoms with Crippen LogP contribution in [0.4, 0.5) is 5.69 Å². The number of hydrogen-bond donors (Lipinski definition) is 2. The second kappa shape index (κ2) is 9.31. The number of nitrogens with zero attached hydrogens (tertiary/aromatic N) is 3. The number of rotatable bonds is 6. The van der Waals surface area contributed by atoms with Crippen LogP contribution in [0.5, 0.6) is 0 Å². The Bertz CT molecular complexity index is 1390. The Morgan fingerprint density at radius 3 is 2.26 bits per heavy atom. The zero-order chi connectivity index (χ0) is 25.3. The average Bonchev–Trinajstić information content (AvgIpc) is 3.20. The fourth-order valence-corrected chi connectivity index (χ4v) is 3.98. The lowest BCUT2D eigenvalue weighted by atomic mass is 9.98. The van der Waals surface area contributed by atoms with E-state index >= 15 is 0 Å². The highest BCUT2D eigenvalue weighted by molar-refractivity contribution is 5.89. The van der Waals surface area contributed by atoms with Gasteiger partial charge in [0, 0.05) is 41.1 Å². The number of aryl methyl sites for hydroxylation is 1. The van der Waals surface area contributed by atoms with Crippen molar-refractivity contribution < 1.29 is 19.4 Å². The Kier molecular flexibility index (Phi) is 6.41. The molecule has 0 spiro atoms. The Balaban J connectivity index is 1.99. The van der Waals surface area contributed by atoms with Crippen molar-refractivity contribution in [2.24, 2.45) is 0 Å². The molecular weight excluding hydrogens is 444 g/mol. The molecule has 1 amide bonds. The number of amides is 1. The first-order chi connectivity index (χ1) is 16.5. The normalized spacial score (nSPS) is 12.5. The first kappa shape index (κ1) is 24.1. The average molecular weight is 473 g/mol. The van der Waals surface area contributed by atoms with Crippen LogP contribution in [0.1, 0.15) is 45.1 Å². The number of carbonyl (C=O) groups is 2. The number of aliphatic carboxylic acids is 1. The van der Waals surface area contributed by atoms with E-state index in [-0.39, 0.29) is 5.91 Å². The van der Waals surface area contributed by atoms with Crippen molar-refractivity contribution in [2.45, 2.75) is 46.3 Å². The summed E-state index contributed by atoms with van der Waals surface area (Å²) < 4.78 is 7.67. The summed E-state index contributed by atoms with van der Waals surface area (Å²) in [6.45, 7) is 8.66. The van der Waals surface area contributed by atoms with Gasteiger partial charge in [-0.25, -0.2) is 14.3 Å². The summed E-state index contributed by atoms with van der Waals surface area (Å²) in [5.41, 5.74) is 4.40. The third-order valence-electron chi connectivity index (χ3n) is 5.34. The van der Waals surface area contributed by atoms with Crippen LogP contribution in [-0.4, -0.2) is 37.2 Å². The number of fused-ring (bicyclic) bond motifs is 1. The molecule has 2 aromatic heterocycles. The minimum Gasteiger partial charge on any atom is -0.479 e. The highest BCUT2D eigenvalue weighted by Gasteiger charge is 2.33. The summed E-state index contributed by atoms with van der Waals surface area (Å²) in [6, 6.07) is 18.8. The van der Waals surface area contributed by atoms with Crippen molar-refractivity contribution in [3.63, 3.8) is 0 Å². The lowest BCUT2D eigenvalue weighted by molar-refractivity contribution is -0.160. The quantitative estimate of drug-likeness (QED) is 0.396. The van der Waals surface area contributed by atoms with Crippen LogP contribution < -0.4 is 5.32 Å². The fourth-order valence-electron chi connectivity index (χ4n) is 3.98. The van der Waals surface area contributed by atoms with Crippen LogP contribution in [0, 0.1) is 6.92 Å². The Morgan fingerprint density at radius 1 is 1.03 bits per heavy atom. The number of benzene rings is 2. The maximum atomic E-state index is 12.4. The zero-order valence-corrected chi connectivity index (χ0v) is 20.4. The molecule has 4 aromatic rings. The van der Waals surface area contributed by atoms with E-state index in [9.17, 15) is 14.7 Å². The molecule has 180 valence electrons. The van der Waals surface area contributed by atoms with Crippen molar-refractivity contribution in [1.29, 1.82) is 0 Å². The summed E-state index contributed by atoms with van der Waals surface area (Å²) in [5.74, 6) is -1.29. The minimum absolute atomic E-state index is 0.176. The number of aromatic nitrogens is 3. The third kappa shape index (κ3) is 5.22. The predicted octanol–water partition coefficient (Wildman–Crippen LogP) is 5.27. The molecule has 0 saturated carbocycles. The molecule has 0 saturated heterocycles. The number of carbonyl (C=O) groups excluding carboxylic acids is 1. The number of carboxylic acid groups (broad SMARTS) is 1. The molecular formula is C27H28N4O4. The largest absolute Gasteiger partial charge is 0.479 e. The minimum atomic E-state index is -1.26. The third-order valence-corrected chi connectivity index (χ3v) is 5.34. The second-order valence-corrected chi connectivity index (χ2v) is 9.33. The van der Waals surface area contributed by atoms with E-state index in [4.69, 9.17) is 14.8 Å². The SMILES string of the molecule is CC(=O)Nc1ccc(-c2c(C(OC(C)(C)C)C(=O)O)c(C)nc3cc(-c4ccccc4)nn23)cc1. The molecule has 2 heterocycles. The van der Waals surface area contributed by atoms with Crippen molar-refractivity contribution in [3.05, 3.63) is 71.9 Å². The fraction of sp³-hybridized carbons (Fsp3) is 0.259. The molecule has 0 aliphatic rings. The van der Waals surface area contributed by atoms with Crippen molar-refractivity contribution in [1.82, 2.24) is 14.6 Å². The molecule has 0 fully saturated rings. The van der Waals surface area contributed by atoms with Gasteiger partial charge in [-0.3, -0.25) is 4.79 Å². The summed E-state index contributed by atoms with van der Waals surface area (Å²) in [6.07, 6.45) is -1.26. The van der Waals surface area contributed by atoms with E-state index in [1.54, 1.807) is 23.6 Å². The van der Waals surface area contributed by atoms with E-state index in [0.29, 0.717) is 28.3 Å². The molecule has 2 aromatic carbocycles. The van der Waals surface area contributed by atoms with E-state index in [0.717, 1.165) is 16.8 Å². The number of carboxylic acids is 1. The van der Waals surface area contributed by atoms with Crippen LogP contribution in [0.25, 0.3) is 28.2 Å². The highest BCUT2D eigenvalue weighted by Crippen LogP contribution is 2.36. The van der Waals surface area contributed by atoms with Crippen molar-refractivity contribution in [2.75, 3.05) is 5.32 Å². The van der Waals surface area contributed by atoms with Gasteiger partial charge in [-0.15, -0.1) is 0 Å². The molecule has 8 heteroatoms. The zero-order valence-electron chi connectivity index (χ0n) is 20.4. The maximum Gasteiger partial charge on any atom is 0.337 e. The lowest BCUT2D eigenvalue weighted by Gasteiger charge is -2.27. The predicted molar refractivity (Wildman–Crippen MR) is 134 cm³/mol. The van der Waals surface area contributed by atoms with Gasteiger partial charge in [-0.1, -0.05) is 42.5 Å². The standard InChI is InChI=1S/C27H28N4O4/c1-16-23(25(26(33)34)35-27(3,4)5)24(19-11-13-20(14-12-19)29-17(2)32)31-22(28-16)15-21(30-31)18-9-7-6-8-10-18/h6-15,25H,1-5H3,(H,29,32)(H,33,34). The van der Waals surface area contributed by atoms with Gasteiger partial charge in [0.2, 0.25) is 5.91 Å². The van der Waals surface area contributed by atoms with Gasteiger partial charge >= 0.3 is 5.97 Å². The molecule has 0 bridgehead atoms. The summed E-state index contributed by atoms with van der Waals surface area (Å²) in [7, 11) is 0. The first-order valence-electron chi connectivity index (χ1n) is 11.3. The van der Waals surface area contributed by atoms with E-state index < -0.39 is 17.7 Å². The van der Waals surface area contributed by atoms with Crippen LogP contribution in [0.2, 0.25) is 0 Å². The number of nitrogens with one attached hydrogen (secondary N) is 1. The second-order valence-electron chi connectivity index (χ2n) is 9.33. The Labute approximate surface area is 203 Å². The van der Waals surface area contributed by atoms with Crippen LogP contribution in [-0.2, 0) is 14.3 Å². The number of anilines is 1. The molecule has 1 unspecified atom stereocenters. The molecule has 35 heavy (non-hydrogen) atoms. The lowest BCUT2D eigenvalue weighted by Crippen LogP contribution is -2.29. The molecule has 0 radical (unpaired) electrons. The van der Waals surface area contributed by atoms with Gasteiger partial charge in [0.25, 0.3) is 0 Å². The van der Waals surface area contributed by atoms with Gasteiger partial charge in [-0.2, -0.15) is 5.10 Å². The molecule has 0 aliphatic heterocycles. The molecule has 8 nitrogen and oxygen atoms in total. The van der Waals surface area contributed by atoms with Gasteiger partial charge < -0.3 is 15.2 Å². The number of hydrogen-bond acceptors (Lipinski definition) is 5. The van der Waals surface area contributed by atoms with Gasteiger partial charge in [-0.05, 0) is 39.8 Å². The van der Waals surface area contributed by atoms with E-state index in [1.165, 1.54) is 6.92 Å². The van der Waals surface area contributed by atoms with Crippen molar-refractivity contribution in [3.8, 4) is 22.5 Å². The Hall–Kier alpha value is -4.04. The Morgan fingerprint density at radius 2 is 1.69 bits per heavy atom. The van der Waals surface area contributed by atoms with Crippen LogP contribution >= 0.6 is 0 Å². The smallest absolute Gasteiger partial charge is 0.337 e. The van der Waals surface area contributed by atoms with Crippen molar-refractivity contribution >= 4 is 23.2 Å². The first-order valence-corrected chi connectivity index (χ1v) is 11.3. The summed E-state index contributed by atoms with van der Waals surface area (Å²) in [5, 5.41) is 17.7. The molecule has 4 rings (SSSR count). The van der Waals surface area contributed by atoms with Gasteiger partial charge in [0.05, 0.1) is 17.0 Å². The number of ether oxygens (including phenoxy) is 1. The molecule has 0 aliphatic carbocycles. The summed E-state index contributed by atoms with van der Waals surface area (Å²) in [4.78, 5) is 28.6. The van der Waals surface area contributed by atoms with E-state index in [1.807, 2.05) is 69.3 Å². The van der Waals surface area contributed by atoms with E-state index in [2.05, 4.69) is 5.32 Å². The highest BCUT2D eigenvalue weighted by atomic mass is 16.5. The topological polar surface area (TPSA) is 106 Å². The molecule has 2 N–H and O–H groups in total. The van der Waals surface area contributed by atoms with Crippen LogP contribution in [0.3, 0.4) is 0 Å². The van der Waals surface area contributed by atoms with Crippen LogP contribution in [0.15, 0.2) is 60.7 Å². The maximum absolute atomic E-state index is 12.4. The molecule has 1 atom stereocenters. The monoisotopic (exact) mass is 472 g/mol. The van der Waals surface area contributed by atoms with Gasteiger partial charge in [0.1, 0.15) is 0 Å². The van der Waals surface area contributed by atoms with Gasteiger partial charge in [0.15, 0.2) is 11.8 Å². The summed E-state index contributed by atoms with van der Waals surface area (Å²) >= 11 is 0.